The SMILES string of the molecule is C/C=C(/CP(=O)(OC)OC)P(=O)(OC)OC. The maximum absolute atomic E-state index is 12.0. The quantitative estimate of drug-likeness (QED) is 0.663. The van der Waals surface area contributed by atoms with Gasteiger partial charge in [-0.15, -0.1) is 0 Å². The number of hydrogen-bond donors (Lipinski definition) is 0. The van der Waals surface area contributed by atoms with Crippen LogP contribution in [0.1, 0.15) is 6.92 Å². The first-order valence-corrected chi connectivity index (χ1v) is 7.76. The molecule has 0 bridgehead atoms. The summed E-state index contributed by atoms with van der Waals surface area (Å²) >= 11 is 0. The molecule has 8 heteroatoms. The van der Waals surface area contributed by atoms with Crippen molar-refractivity contribution in [3.63, 3.8) is 0 Å². The molecular formula is C8H18O6P2. The topological polar surface area (TPSA) is 71.1 Å². The summed E-state index contributed by atoms with van der Waals surface area (Å²) in [6, 6.07) is 0. The maximum Gasteiger partial charge on any atom is 0.357 e. The summed E-state index contributed by atoms with van der Waals surface area (Å²) in [5, 5.41) is 0.268. The van der Waals surface area contributed by atoms with Crippen molar-refractivity contribution in [1.29, 1.82) is 0 Å². The van der Waals surface area contributed by atoms with Gasteiger partial charge in [0.05, 0.1) is 6.16 Å². The van der Waals surface area contributed by atoms with Gasteiger partial charge in [0.15, 0.2) is 0 Å². The zero-order valence-corrected chi connectivity index (χ0v) is 11.9. The van der Waals surface area contributed by atoms with Crippen LogP contribution < -0.4 is 0 Å². The minimum Gasteiger partial charge on any atom is -0.312 e. The molecule has 0 heterocycles. The third-order valence-corrected chi connectivity index (χ3v) is 6.25. The zero-order chi connectivity index (χ0) is 12.8. The molecule has 0 atom stereocenters. The highest BCUT2D eigenvalue weighted by atomic mass is 31.2. The molecule has 0 aliphatic carbocycles. The minimum absolute atomic E-state index is 0.130. The Bertz CT molecular complexity index is 321. The van der Waals surface area contributed by atoms with E-state index < -0.39 is 15.2 Å². The number of allylic oxidation sites excluding steroid dienone is 2. The van der Waals surface area contributed by atoms with Gasteiger partial charge in [-0.2, -0.15) is 0 Å². The van der Waals surface area contributed by atoms with E-state index in [2.05, 4.69) is 0 Å². The average Bonchev–Trinajstić information content (AvgIpc) is 2.34. The third-order valence-electron chi connectivity index (χ3n) is 2.08. The summed E-state index contributed by atoms with van der Waals surface area (Å²) in [5.41, 5.74) is 0. The summed E-state index contributed by atoms with van der Waals surface area (Å²) in [4.78, 5) is 0. The standard InChI is InChI=1S/C8H18O6P2/c1-6-8(16(10,13-4)14-5)7-15(9,11-2)12-3/h6H,7H2,1-5H3/b8-6-. The smallest absolute Gasteiger partial charge is 0.312 e. The number of hydrogen-bond acceptors (Lipinski definition) is 6. The number of rotatable bonds is 7. The molecule has 0 amide bonds. The summed E-state index contributed by atoms with van der Waals surface area (Å²) in [5.74, 6) is 0. The lowest BCUT2D eigenvalue weighted by Gasteiger charge is -2.20. The summed E-state index contributed by atoms with van der Waals surface area (Å²) in [6.45, 7) is 1.65. The lowest BCUT2D eigenvalue weighted by molar-refractivity contribution is 0.272. The fraction of sp³-hybridized carbons (Fsp3) is 0.750. The molecular weight excluding hydrogens is 254 g/mol. The molecule has 0 saturated heterocycles. The maximum atomic E-state index is 12.0. The highest BCUT2D eigenvalue weighted by Crippen LogP contribution is 2.61. The summed E-state index contributed by atoms with van der Waals surface area (Å²) in [6.07, 6.45) is 1.40. The van der Waals surface area contributed by atoms with Crippen LogP contribution in [-0.2, 0) is 27.2 Å². The molecule has 16 heavy (non-hydrogen) atoms. The Labute approximate surface area is 96.0 Å². The molecule has 0 spiro atoms. The Morgan fingerprint density at radius 2 is 1.44 bits per heavy atom. The first-order valence-electron chi connectivity index (χ1n) is 4.49. The zero-order valence-electron chi connectivity index (χ0n) is 10.1. The van der Waals surface area contributed by atoms with Gasteiger partial charge in [-0.05, 0) is 6.92 Å². The monoisotopic (exact) mass is 272 g/mol. The van der Waals surface area contributed by atoms with Gasteiger partial charge in [0, 0.05) is 33.8 Å². The van der Waals surface area contributed by atoms with Gasteiger partial charge in [-0.3, -0.25) is 9.13 Å². The van der Waals surface area contributed by atoms with Gasteiger partial charge < -0.3 is 18.1 Å². The van der Waals surface area contributed by atoms with Gasteiger partial charge in [0.25, 0.3) is 0 Å². The molecule has 0 N–H and O–H groups in total. The fourth-order valence-electron chi connectivity index (χ4n) is 1.05. The van der Waals surface area contributed by atoms with Crippen molar-refractivity contribution in [2.24, 2.45) is 0 Å². The largest absolute Gasteiger partial charge is 0.357 e. The van der Waals surface area contributed by atoms with Crippen LogP contribution in [0.15, 0.2) is 11.4 Å². The van der Waals surface area contributed by atoms with E-state index in [1.54, 1.807) is 6.92 Å². The lowest BCUT2D eigenvalue weighted by atomic mass is 10.6. The molecule has 0 aromatic rings. The van der Waals surface area contributed by atoms with E-state index in [0.717, 1.165) is 0 Å². The molecule has 0 aromatic heterocycles. The Balaban J connectivity index is 5.07. The molecule has 0 aliphatic heterocycles. The van der Waals surface area contributed by atoms with E-state index in [1.165, 1.54) is 34.5 Å². The van der Waals surface area contributed by atoms with Crippen LogP contribution in [0.4, 0.5) is 0 Å². The molecule has 0 saturated carbocycles. The van der Waals surface area contributed by atoms with Crippen molar-refractivity contribution in [3.8, 4) is 0 Å². The summed E-state index contributed by atoms with van der Waals surface area (Å²) in [7, 11) is -1.61. The second-order valence-corrected chi connectivity index (χ2v) is 7.34. The van der Waals surface area contributed by atoms with Crippen LogP contribution in [0, 0.1) is 0 Å². The second kappa shape index (κ2) is 6.70. The molecule has 0 unspecified atom stereocenters. The van der Waals surface area contributed by atoms with Gasteiger partial charge >= 0.3 is 15.2 Å². The lowest BCUT2D eigenvalue weighted by Crippen LogP contribution is -2.02. The van der Waals surface area contributed by atoms with Crippen LogP contribution >= 0.6 is 15.2 Å². The molecule has 0 fully saturated rings. The van der Waals surface area contributed by atoms with Crippen molar-refractivity contribution in [3.05, 3.63) is 11.4 Å². The Kier molecular flexibility index (Phi) is 6.71. The van der Waals surface area contributed by atoms with Crippen LogP contribution in [0.5, 0.6) is 0 Å². The van der Waals surface area contributed by atoms with Gasteiger partial charge in [-0.1, -0.05) is 6.08 Å². The van der Waals surface area contributed by atoms with Crippen LogP contribution in [0.2, 0.25) is 0 Å². The second-order valence-electron chi connectivity index (χ2n) is 2.78. The van der Waals surface area contributed by atoms with Crippen LogP contribution in [0.3, 0.4) is 0 Å². The Hall–Kier alpha value is 0.0400. The third kappa shape index (κ3) is 3.81. The normalized spacial score (nSPS) is 14.2. The van der Waals surface area contributed by atoms with E-state index in [4.69, 9.17) is 18.1 Å². The molecule has 0 rings (SSSR count). The molecule has 0 radical (unpaired) electrons. The van der Waals surface area contributed by atoms with Crippen molar-refractivity contribution in [1.82, 2.24) is 0 Å². The average molecular weight is 272 g/mol. The van der Waals surface area contributed by atoms with Crippen molar-refractivity contribution in [2.45, 2.75) is 6.92 Å². The highest BCUT2D eigenvalue weighted by molar-refractivity contribution is 7.61. The minimum atomic E-state index is -3.39. The first-order chi connectivity index (χ1) is 7.41. The highest BCUT2D eigenvalue weighted by Gasteiger charge is 2.34. The van der Waals surface area contributed by atoms with Crippen LogP contribution in [-0.4, -0.2) is 34.6 Å². The fourth-order valence-corrected chi connectivity index (χ4v) is 4.18. The van der Waals surface area contributed by atoms with E-state index in [9.17, 15) is 9.13 Å². The van der Waals surface area contributed by atoms with Crippen molar-refractivity contribution in [2.75, 3.05) is 34.6 Å². The van der Waals surface area contributed by atoms with Gasteiger partial charge in [0.2, 0.25) is 0 Å². The Morgan fingerprint density at radius 3 is 1.69 bits per heavy atom. The van der Waals surface area contributed by atoms with Gasteiger partial charge in [0.1, 0.15) is 0 Å². The molecule has 0 aliphatic rings. The predicted molar refractivity (Wildman–Crippen MR) is 61.9 cm³/mol. The summed E-state index contributed by atoms with van der Waals surface area (Å²) < 4.78 is 43.1. The van der Waals surface area contributed by atoms with Crippen molar-refractivity contribution < 1.29 is 27.2 Å². The molecule has 6 nitrogen and oxygen atoms in total. The van der Waals surface area contributed by atoms with Crippen molar-refractivity contribution >= 4 is 15.2 Å². The van der Waals surface area contributed by atoms with E-state index in [-0.39, 0.29) is 11.5 Å². The van der Waals surface area contributed by atoms with E-state index in [1.807, 2.05) is 0 Å². The Morgan fingerprint density at radius 1 is 1.00 bits per heavy atom. The molecule has 96 valence electrons. The van der Waals surface area contributed by atoms with Crippen LogP contribution in [0.25, 0.3) is 0 Å². The first kappa shape index (κ1) is 16.0. The van der Waals surface area contributed by atoms with E-state index in [0.29, 0.717) is 0 Å². The van der Waals surface area contributed by atoms with Gasteiger partial charge in [-0.25, -0.2) is 0 Å². The van der Waals surface area contributed by atoms with E-state index >= 15 is 0 Å². The predicted octanol–water partition coefficient (Wildman–Crippen LogP) is 2.86. The molecule has 0 aromatic carbocycles.